The molecule has 1 atom stereocenters. The van der Waals surface area contributed by atoms with Crippen molar-refractivity contribution in [2.24, 2.45) is 7.05 Å². The van der Waals surface area contributed by atoms with Crippen molar-refractivity contribution in [1.82, 2.24) is 19.5 Å². The topological polar surface area (TPSA) is 76.9 Å². The van der Waals surface area contributed by atoms with Gasteiger partial charge in [0.25, 0.3) is 0 Å². The summed E-state index contributed by atoms with van der Waals surface area (Å²) in [6, 6.07) is 2.63. The zero-order valence-electron chi connectivity index (χ0n) is 13.0. The van der Waals surface area contributed by atoms with Crippen LogP contribution in [0, 0.1) is 13.8 Å². The van der Waals surface area contributed by atoms with Gasteiger partial charge in [0.15, 0.2) is 0 Å². The summed E-state index contributed by atoms with van der Waals surface area (Å²) in [4.78, 5) is 3.90. The molecule has 0 saturated heterocycles. The molecule has 0 unspecified atom stereocenters. The summed E-state index contributed by atoms with van der Waals surface area (Å²) in [5.74, 6) is 0. The van der Waals surface area contributed by atoms with E-state index < -0.39 is 10.0 Å². The molecular weight excluding hydrogens is 324 g/mol. The molecule has 8 heteroatoms. The van der Waals surface area contributed by atoms with Crippen LogP contribution in [-0.4, -0.2) is 29.2 Å². The second kappa shape index (κ2) is 6.36. The Kier molecular flexibility index (Phi) is 4.89. The standard InChI is InChI=1S/C14H19ClN4O2S/c1-9(7-13-10(2)17-19(4)11(13)3)18-22(20,21)12-5-6-14(15)16-8-12/h5-6,8-9,18H,7H2,1-4H3/t9-/m0/s1. The lowest BCUT2D eigenvalue weighted by molar-refractivity contribution is 0.558. The van der Waals surface area contributed by atoms with Gasteiger partial charge in [0.1, 0.15) is 10.0 Å². The molecule has 120 valence electrons. The molecule has 2 heterocycles. The summed E-state index contributed by atoms with van der Waals surface area (Å²) in [6.45, 7) is 5.72. The van der Waals surface area contributed by atoms with Crippen LogP contribution in [0.15, 0.2) is 23.2 Å². The molecule has 0 aliphatic rings. The summed E-state index contributed by atoms with van der Waals surface area (Å²) in [5, 5.41) is 4.60. The van der Waals surface area contributed by atoms with E-state index in [1.807, 2.05) is 27.8 Å². The van der Waals surface area contributed by atoms with Crippen LogP contribution < -0.4 is 4.72 Å². The molecular formula is C14H19ClN4O2S. The monoisotopic (exact) mass is 342 g/mol. The molecule has 22 heavy (non-hydrogen) atoms. The first-order valence-electron chi connectivity index (χ1n) is 6.83. The lowest BCUT2D eigenvalue weighted by Gasteiger charge is -2.14. The van der Waals surface area contributed by atoms with Crippen molar-refractivity contribution in [2.75, 3.05) is 0 Å². The summed E-state index contributed by atoms with van der Waals surface area (Å²) in [6.07, 6.45) is 1.82. The highest BCUT2D eigenvalue weighted by molar-refractivity contribution is 7.89. The number of aromatic nitrogens is 3. The molecule has 0 fully saturated rings. The third kappa shape index (κ3) is 3.66. The van der Waals surface area contributed by atoms with Gasteiger partial charge in [0.2, 0.25) is 10.0 Å². The maximum Gasteiger partial charge on any atom is 0.242 e. The Bertz CT molecular complexity index is 769. The molecule has 0 amide bonds. The van der Waals surface area contributed by atoms with E-state index in [0.717, 1.165) is 17.0 Å². The van der Waals surface area contributed by atoms with E-state index in [0.29, 0.717) is 6.42 Å². The zero-order valence-corrected chi connectivity index (χ0v) is 14.5. The van der Waals surface area contributed by atoms with Gasteiger partial charge in [-0.1, -0.05) is 11.6 Å². The van der Waals surface area contributed by atoms with Crippen molar-refractivity contribution in [3.63, 3.8) is 0 Å². The average Bonchev–Trinajstić information content (AvgIpc) is 2.65. The Morgan fingerprint density at radius 1 is 1.36 bits per heavy atom. The minimum atomic E-state index is -3.61. The number of nitrogens with zero attached hydrogens (tertiary/aromatic N) is 3. The fraction of sp³-hybridized carbons (Fsp3) is 0.429. The van der Waals surface area contributed by atoms with Crippen LogP contribution in [0.3, 0.4) is 0 Å². The van der Waals surface area contributed by atoms with E-state index >= 15 is 0 Å². The molecule has 2 aromatic heterocycles. The van der Waals surface area contributed by atoms with Crippen LogP contribution in [0.4, 0.5) is 0 Å². The van der Waals surface area contributed by atoms with Gasteiger partial charge < -0.3 is 0 Å². The van der Waals surface area contributed by atoms with Crippen LogP contribution in [-0.2, 0) is 23.5 Å². The quantitative estimate of drug-likeness (QED) is 0.843. The van der Waals surface area contributed by atoms with Crippen molar-refractivity contribution in [1.29, 1.82) is 0 Å². The highest BCUT2D eigenvalue weighted by atomic mass is 35.5. The van der Waals surface area contributed by atoms with Gasteiger partial charge in [-0.25, -0.2) is 18.1 Å². The normalized spacial score (nSPS) is 13.3. The van der Waals surface area contributed by atoms with Crippen molar-refractivity contribution in [3.05, 3.63) is 40.4 Å². The highest BCUT2D eigenvalue weighted by Crippen LogP contribution is 2.16. The fourth-order valence-corrected chi connectivity index (χ4v) is 3.61. The smallest absolute Gasteiger partial charge is 0.242 e. The maximum atomic E-state index is 12.3. The molecule has 1 N–H and O–H groups in total. The van der Waals surface area contributed by atoms with Crippen LogP contribution in [0.2, 0.25) is 5.15 Å². The van der Waals surface area contributed by atoms with Crippen LogP contribution in [0.5, 0.6) is 0 Å². The fourth-order valence-electron chi connectivity index (χ4n) is 2.31. The molecule has 6 nitrogen and oxygen atoms in total. The van der Waals surface area contributed by atoms with Gasteiger partial charge in [0.05, 0.1) is 5.69 Å². The molecule has 0 bridgehead atoms. The van der Waals surface area contributed by atoms with E-state index in [9.17, 15) is 8.42 Å². The van der Waals surface area contributed by atoms with Crippen molar-refractivity contribution >= 4 is 21.6 Å². The summed E-state index contributed by atoms with van der Waals surface area (Å²) in [5.41, 5.74) is 3.02. The number of rotatable bonds is 5. The Labute approximate surface area is 135 Å². The average molecular weight is 343 g/mol. The maximum absolute atomic E-state index is 12.3. The van der Waals surface area contributed by atoms with Crippen LogP contribution >= 0.6 is 11.6 Å². The van der Waals surface area contributed by atoms with Gasteiger partial charge in [-0.2, -0.15) is 5.10 Å². The van der Waals surface area contributed by atoms with Gasteiger partial charge in [-0.05, 0) is 44.9 Å². The van der Waals surface area contributed by atoms with E-state index in [1.165, 1.54) is 18.3 Å². The highest BCUT2D eigenvalue weighted by Gasteiger charge is 2.20. The second-order valence-electron chi connectivity index (χ2n) is 5.32. The number of hydrogen-bond donors (Lipinski definition) is 1. The SMILES string of the molecule is Cc1nn(C)c(C)c1C[C@H](C)NS(=O)(=O)c1ccc(Cl)nc1. The number of sulfonamides is 1. The second-order valence-corrected chi connectivity index (χ2v) is 7.42. The van der Waals surface area contributed by atoms with Gasteiger partial charge in [-0.3, -0.25) is 4.68 Å². The third-order valence-electron chi connectivity index (χ3n) is 3.54. The lowest BCUT2D eigenvalue weighted by atomic mass is 10.1. The zero-order chi connectivity index (χ0) is 16.5. The molecule has 0 radical (unpaired) electrons. The number of nitrogens with one attached hydrogen (secondary N) is 1. The number of aryl methyl sites for hydroxylation is 2. The summed E-state index contributed by atoms with van der Waals surface area (Å²) >= 11 is 5.68. The van der Waals surface area contributed by atoms with Crippen molar-refractivity contribution < 1.29 is 8.42 Å². The Hall–Kier alpha value is -1.44. The van der Waals surface area contributed by atoms with Crippen LogP contribution in [0.25, 0.3) is 0 Å². The Balaban J connectivity index is 2.14. The predicted molar refractivity (Wildman–Crippen MR) is 85.4 cm³/mol. The van der Waals surface area contributed by atoms with Crippen molar-refractivity contribution in [3.8, 4) is 0 Å². The van der Waals surface area contributed by atoms with E-state index in [-0.39, 0.29) is 16.1 Å². The van der Waals surface area contributed by atoms with Crippen LogP contribution in [0.1, 0.15) is 23.9 Å². The molecule has 0 aromatic carbocycles. The lowest BCUT2D eigenvalue weighted by Crippen LogP contribution is -2.34. The number of hydrogen-bond acceptors (Lipinski definition) is 4. The van der Waals surface area contributed by atoms with Gasteiger partial charge >= 0.3 is 0 Å². The first-order chi connectivity index (χ1) is 10.2. The Morgan fingerprint density at radius 2 is 2.05 bits per heavy atom. The molecule has 0 saturated carbocycles. The molecule has 0 aliphatic carbocycles. The largest absolute Gasteiger partial charge is 0.272 e. The predicted octanol–water partition coefficient (Wildman–Crippen LogP) is 1.99. The first kappa shape index (κ1) is 16.9. The van der Waals surface area contributed by atoms with E-state index in [1.54, 1.807) is 4.68 Å². The van der Waals surface area contributed by atoms with Gasteiger partial charge in [-0.15, -0.1) is 0 Å². The molecule has 0 spiro atoms. The first-order valence-corrected chi connectivity index (χ1v) is 8.70. The molecule has 2 rings (SSSR count). The van der Waals surface area contributed by atoms with Gasteiger partial charge in [0, 0.05) is 25.0 Å². The van der Waals surface area contributed by atoms with Crippen molar-refractivity contribution in [2.45, 2.75) is 38.1 Å². The summed E-state index contributed by atoms with van der Waals surface area (Å²) in [7, 11) is -1.74. The minimum absolute atomic E-state index is 0.100. The van der Waals surface area contributed by atoms with E-state index in [4.69, 9.17) is 11.6 Å². The molecule has 0 aliphatic heterocycles. The Morgan fingerprint density at radius 3 is 2.55 bits per heavy atom. The molecule has 2 aromatic rings. The number of pyridine rings is 1. The number of halogens is 1. The van der Waals surface area contributed by atoms with E-state index in [2.05, 4.69) is 14.8 Å². The summed E-state index contributed by atoms with van der Waals surface area (Å²) < 4.78 is 29.1. The third-order valence-corrected chi connectivity index (χ3v) is 5.33. The minimum Gasteiger partial charge on any atom is -0.272 e.